The third-order valence-corrected chi connectivity index (χ3v) is 4.67. The van der Waals surface area contributed by atoms with Crippen molar-refractivity contribution in [1.82, 2.24) is 5.32 Å². The molecule has 0 aromatic heterocycles. The van der Waals surface area contributed by atoms with E-state index < -0.39 is 0 Å². The van der Waals surface area contributed by atoms with Crippen molar-refractivity contribution in [2.45, 2.75) is 32.6 Å². The van der Waals surface area contributed by atoms with Crippen LogP contribution in [0.1, 0.15) is 42.1 Å². The van der Waals surface area contributed by atoms with Crippen LogP contribution in [-0.2, 0) is 16.0 Å². The van der Waals surface area contributed by atoms with Crippen molar-refractivity contribution < 1.29 is 14.4 Å². The molecule has 0 aliphatic carbocycles. The first-order chi connectivity index (χ1) is 13.6. The molecule has 3 amide bonds. The lowest BCUT2D eigenvalue weighted by Crippen LogP contribution is -2.26. The number of anilines is 2. The number of rotatable bonds is 7. The van der Waals surface area contributed by atoms with Gasteiger partial charge in [0.1, 0.15) is 0 Å². The highest BCUT2D eigenvalue weighted by Crippen LogP contribution is 2.22. The molecule has 2 N–H and O–H groups in total. The van der Waals surface area contributed by atoms with E-state index in [1.54, 1.807) is 29.2 Å². The topological polar surface area (TPSA) is 78.5 Å². The van der Waals surface area contributed by atoms with Gasteiger partial charge in [-0.2, -0.15) is 0 Å². The van der Waals surface area contributed by atoms with E-state index in [0.29, 0.717) is 24.2 Å². The second-order valence-corrected chi connectivity index (χ2v) is 6.84. The van der Waals surface area contributed by atoms with Gasteiger partial charge in [0, 0.05) is 25.2 Å². The zero-order chi connectivity index (χ0) is 19.9. The summed E-state index contributed by atoms with van der Waals surface area (Å²) < 4.78 is 0. The number of carbonyl (C=O) groups excluding carboxylic acids is 3. The molecule has 3 rings (SSSR count). The molecule has 1 fully saturated rings. The molecule has 2 aromatic carbocycles. The van der Waals surface area contributed by atoms with E-state index in [1.165, 1.54) is 0 Å². The molecule has 0 unspecified atom stereocenters. The number of nitrogens with zero attached hydrogens (tertiary/aromatic N) is 1. The van der Waals surface area contributed by atoms with Crippen molar-refractivity contribution in [3.05, 3.63) is 59.7 Å². The number of carbonyl (C=O) groups is 3. The van der Waals surface area contributed by atoms with Crippen LogP contribution in [0, 0.1) is 0 Å². The summed E-state index contributed by atoms with van der Waals surface area (Å²) in [5.74, 6) is -0.249. The molecule has 0 spiro atoms. The fraction of sp³-hybridized carbons (Fsp3) is 0.318. The van der Waals surface area contributed by atoms with Crippen molar-refractivity contribution in [1.29, 1.82) is 0 Å². The van der Waals surface area contributed by atoms with Crippen molar-refractivity contribution in [3.63, 3.8) is 0 Å². The van der Waals surface area contributed by atoms with Crippen LogP contribution < -0.4 is 15.5 Å². The van der Waals surface area contributed by atoms with Gasteiger partial charge >= 0.3 is 0 Å². The first-order valence-electron chi connectivity index (χ1n) is 9.65. The lowest BCUT2D eigenvalue weighted by atomic mass is 10.1. The van der Waals surface area contributed by atoms with Crippen LogP contribution in [0.3, 0.4) is 0 Å². The summed E-state index contributed by atoms with van der Waals surface area (Å²) in [6.45, 7) is 3.32. The van der Waals surface area contributed by atoms with Crippen molar-refractivity contribution in [2.75, 3.05) is 23.3 Å². The molecule has 0 saturated carbocycles. The van der Waals surface area contributed by atoms with Crippen LogP contribution in [0.25, 0.3) is 0 Å². The number of amides is 3. The van der Waals surface area contributed by atoms with Crippen molar-refractivity contribution >= 4 is 29.1 Å². The highest BCUT2D eigenvalue weighted by atomic mass is 16.2. The fourth-order valence-corrected chi connectivity index (χ4v) is 3.22. The molecule has 1 aliphatic rings. The summed E-state index contributed by atoms with van der Waals surface area (Å²) in [6.07, 6.45) is 2.52. The normalized spacial score (nSPS) is 13.5. The van der Waals surface area contributed by atoms with Crippen molar-refractivity contribution in [3.8, 4) is 0 Å². The Kier molecular flexibility index (Phi) is 6.42. The number of benzene rings is 2. The quantitative estimate of drug-likeness (QED) is 0.776. The fourth-order valence-electron chi connectivity index (χ4n) is 3.22. The highest BCUT2D eigenvalue weighted by Gasteiger charge is 2.21. The molecular weight excluding hydrogens is 354 g/mol. The summed E-state index contributed by atoms with van der Waals surface area (Å²) in [5, 5.41) is 5.65. The standard InChI is InChI=1S/C22H25N3O3/c1-2-13-23-22(28)18-6-3-4-7-19(18)24-20(26)15-16-9-11-17(12-10-16)25-14-5-8-21(25)27/h3-4,6-7,9-12H,2,5,8,13-15H2,1H3,(H,23,28)(H,24,26). The minimum Gasteiger partial charge on any atom is -0.352 e. The predicted octanol–water partition coefficient (Wildman–Crippen LogP) is 3.13. The van der Waals surface area contributed by atoms with E-state index in [9.17, 15) is 14.4 Å². The number of para-hydroxylation sites is 1. The number of hydrogen-bond donors (Lipinski definition) is 2. The Bertz CT molecular complexity index is 862. The van der Waals surface area contributed by atoms with E-state index in [0.717, 1.165) is 30.6 Å². The van der Waals surface area contributed by atoms with Crippen molar-refractivity contribution in [2.24, 2.45) is 0 Å². The SMILES string of the molecule is CCCNC(=O)c1ccccc1NC(=O)Cc1ccc(N2CCCC2=O)cc1. The second-order valence-electron chi connectivity index (χ2n) is 6.84. The van der Waals surface area contributed by atoms with E-state index in [4.69, 9.17) is 0 Å². The van der Waals surface area contributed by atoms with Crippen LogP contribution in [0.2, 0.25) is 0 Å². The smallest absolute Gasteiger partial charge is 0.253 e. The first-order valence-corrected chi connectivity index (χ1v) is 9.65. The average Bonchev–Trinajstić information content (AvgIpc) is 3.13. The van der Waals surface area contributed by atoms with Gasteiger partial charge in [0.05, 0.1) is 17.7 Å². The molecule has 28 heavy (non-hydrogen) atoms. The summed E-state index contributed by atoms with van der Waals surface area (Å²) in [4.78, 5) is 38.3. The molecular formula is C22H25N3O3. The van der Waals surface area contributed by atoms with E-state index in [2.05, 4.69) is 10.6 Å². The number of hydrogen-bond acceptors (Lipinski definition) is 3. The monoisotopic (exact) mass is 379 g/mol. The van der Waals surface area contributed by atoms with Gasteiger partial charge in [-0.1, -0.05) is 31.2 Å². The molecule has 6 heteroatoms. The van der Waals surface area contributed by atoms with E-state index in [-0.39, 0.29) is 24.1 Å². The van der Waals surface area contributed by atoms with Gasteiger partial charge in [-0.3, -0.25) is 14.4 Å². The van der Waals surface area contributed by atoms with Crippen LogP contribution in [0.4, 0.5) is 11.4 Å². The van der Waals surface area contributed by atoms with Crippen LogP contribution >= 0.6 is 0 Å². The largest absolute Gasteiger partial charge is 0.352 e. The molecule has 0 atom stereocenters. The molecule has 1 heterocycles. The molecule has 2 aromatic rings. The zero-order valence-electron chi connectivity index (χ0n) is 16.0. The Balaban J connectivity index is 1.63. The summed E-state index contributed by atoms with van der Waals surface area (Å²) >= 11 is 0. The maximum Gasteiger partial charge on any atom is 0.253 e. The molecule has 6 nitrogen and oxygen atoms in total. The van der Waals surface area contributed by atoms with Crippen LogP contribution in [0.15, 0.2) is 48.5 Å². The lowest BCUT2D eigenvalue weighted by Gasteiger charge is -2.16. The maximum absolute atomic E-state index is 12.5. The minimum atomic E-state index is -0.197. The Morgan fingerprint density at radius 1 is 1.07 bits per heavy atom. The molecule has 0 radical (unpaired) electrons. The van der Waals surface area contributed by atoms with Gasteiger partial charge in [0.25, 0.3) is 5.91 Å². The van der Waals surface area contributed by atoms with Gasteiger partial charge in [-0.25, -0.2) is 0 Å². The summed E-state index contributed by atoms with van der Waals surface area (Å²) in [7, 11) is 0. The Morgan fingerprint density at radius 3 is 2.50 bits per heavy atom. The summed E-state index contributed by atoms with van der Waals surface area (Å²) in [6, 6.07) is 14.4. The minimum absolute atomic E-state index is 0.142. The third-order valence-electron chi connectivity index (χ3n) is 4.67. The highest BCUT2D eigenvalue weighted by molar-refractivity contribution is 6.04. The maximum atomic E-state index is 12.5. The van der Waals surface area contributed by atoms with Gasteiger partial charge in [-0.15, -0.1) is 0 Å². The predicted molar refractivity (Wildman–Crippen MR) is 109 cm³/mol. The second kappa shape index (κ2) is 9.17. The number of nitrogens with one attached hydrogen (secondary N) is 2. The Morgan fingerprint density at radius 2 is 1.82 bits per heavy atom. The van der Waals surface area contributed by atoms with Crippen LogP contribution in [0.5, 0.6) is 0 Å². The van der Waals surface area contributed by atoms with E-state index >= 15 is 0 Å². The van der Waals surface area contributed by atoms with Gasteiger partial charge in [-0.05, 0) is 42.7 Å². The Labute approximate surface area is 164 Å². The van der Waals surface area contributed by atoms with Crippen LogP contribution in [-0.4, -0.2) is 30.8 Å². The van der Waals surface area contributed by atoms with Gasteiger partial charge < -0.3 is 15.5 Å². The molecule has 146 valence electrons. The summed E-state index contributed by atoms with van der Waals surface area (Å²) in [5.41, 5.74) is 2.66. The third kappa shape index (κ3) is 4.76. The zero-order valence-corrected chi connectivity index (χ0v) is 16.0. The molecule has 0 bridgehead atoms. The molecule has 1 aliphatic heterocycles. The first kappa shape index (κ1) is 19.6. The van der Waals surface area contributed by atoms with E-state index in [1.807, 2.05) is 31.2 Å². The van der Waals surface area contributed by atoms with Gasteiger partial charge in [0.15, 0.2) is 0 Å². The Hall–Kier alpha value is -3.15. The average molecular weight is 379 g/mol. The molecule has 1 saturated heterocycles. The van der Waals surface area contributed by atoms with Gasteiger partial charge in [0.2, 0.25) is 11.8 Å². The lowest BCUT2D eigenvalue weighted by molar-refractivity contribution is -0.117.